The molecule has 0 radical (unpaired) electrons. The Morgan fingerprint density at radius 1 is 1.12 bits per heavy atom. The highest BCUT2D eigenvalue weighted by atomic mass is 35.5. The Morgan fingerprint density at radius 3 is 2.25 bits per heavy atom. The third kappa shape index (κ3) is 0.981. The number of urea groups is 2. The number of carbonyl (C=O) groups excluding carboxylic acids is 3. The minimum atomic E-state index is -1.70. The van der Waals surface area contributed by atoms with Gasteiger partial charge in [-0.3, -0.25) is 19.5 Å². The van der Waals surface area contributed by atoms with Gasteiger partial charge in [0.1, 0.15) is 0 Å². The standard InChI is InChI=1S/C8H9ClN4O3/c1-11-4-8(9,13(3)6(15)10-4)5(14)12(2)7(11)16/h1-3H3. The summed E-state index contributed by atoms with van der Waals surface area (Å²) >= 11 is 6.11. The summed E-state index contributed by atoms with van der Waals surface area (Å²) in [4.78, 5) is 39.8. The number of amidine groups is 1. The summed E-state index contributed by atoms with van der Waals surface area (Å²) in [6, 6.07) is -1.21. The van der Waals surface area contributed by atoms with Crippen LogP contribution >= 0.6 is 11.6 Å². The molecule has 16 heavy (non-hydrogen) atoms. The monoisotopic (exact) mass is 244 g/mol. The minimum absolute atomic E-state index is 0.0465. The minimum Gasteiger partial charge on any atom is -0.292 e. The van der Waals surface area contributed by atoms with Crippen molar-refractivity contribution in [2.75, 3.05) is 21.1 Å². The molecule has 0 bridgehead atoms. The second-order valence-electron chi connectivity index (χ2n) is 3.60. The molecule has 8 heteroatoms. The highest BCUT2D eigenvalue weighted by Gasteiger charge is 2.60. The molecular formula is C8H9ClN4O3. The van der Waals surface area contributed by atoms with Gasteiger partial charge in [0.2, 0.25) is 0 Å². The van der Waals surface area contributed by atoms with Crippen molar-refractivity contribution in [3.8, 4) is 0 Å². The molecule has 1 fully saturated rings. The Balaban J connectivity index is 2.60. The van der Waals surface area contributed by atoms with Gasteiger partial charge in [-0.05, 0) is 0 Å². The Labute approximate surface area is 96.2 Å². The van der Waals surface area contributed by atoms with E-state index in [0.29, 0.717) is 0 Å². The number of nitrogens with zero attached hydrogens (tertiary/aromatic N) is 4. The van der Waals surface area contributed by atoms with E-state index >= 15 is 0 Å². The van der Waals surface area contributed by atoms with Gasteiger partial charge in [0.15, 0.2) is 5.84 Å². The zero-order valence-corrected chi connectivity index (χ0v) is 9.65. The van der Waals surface area contributed by atoms with Gasteiger partial charge in [-0.1, -0.05) is 11.6 Å². The molecule has 2 rings (SSSR count). The zero-order chi connectivity index (χ0) is 12.2. The summed E-state index contributed by atoms with van der Waals surface area (Å²) in [5.41, 5.74) is 0. The fraction of sp³-hybridized carbons (Fsp3) is 0.500. The van der Waals surface area contributed by atoms with E-state index in [2.05, 4.69) is 4.99 Å². The van der Waals surface area contributed by atoms with Crippen molar-refractivity contribution in [1.29, 1.82) is 0 Å². The maximum atomic E-state index is 11.9. The lowest BCUT2D eigenvalue weighted by Gasteiger charge is -2.40. The molecule has 0 N–H and O–H groups in total. The predicted molar refractivity (Wildman–Crippen MR) is 55.1 cm³/mol. The van der Waals surface area contributed by atoms with E-state index in [-0.39, 0.29) is 5.84 Å². The van der Waals surface area contributed by atoms with Crippen LogP contribution in [0.25, 0.3) is 0 Å². The molecule has 0 aromatic heterocycles. The van der Waals surface area contributed by atoms with Crippen molar-refractivity contribution in [3.63, 3.8) is 0 Å². The van der Waals surface area contributed by atoms with Gasteiger partial charge in [-0.2, -0.15) is 4.99 Å². The topological polar surface area (TPSA) is 73.3 Å². The molecule has 5 amide bonds. The van der Waals surface area contributed by atoms with Crippen molar-refractivity contribution >= 4 is 35.4 Å². The summed E-state index contributed by atoms with van der Waals surface area (Å²) in [7, 11) is 4.08. The van der Waals surface area contributed by atoms with Crippen LogP contribution in [0.1, 0.15) is 0 Å². The number of hydrogen-bond acceptors (Lipinski definition) is 3. The van der Waals surface area contributed by atoms with Gasteiger partial charge in [-0.15, -0.1) is 0 Å². The van der Waals surface area contributed by atoms with Crippen LogP contribution < -0.4 is 0 Å². The molecule has 0 spiro atoms. The maximum absolute atomic E-state index is 11.9. The van der Waals surface area contributed by atoms with Gasteiger partial charge in [0.05, 0.1) is 0 Å². The molecule has 2 heterocycles. The lowest BCUT2D eigenvalue weighted by atomic mass is 10.1. The number of aliphatic imine (C=N–C) groups is 1. The first-order chi connectivity index (χ1) is 7.31. The van der Waals surface area contributed by atoms with E-state index in [9.17, 15) is 14.4 Å². The van der Waals surface area contributed by atoms with E-state index in [1.54, 1.807) is 0 Å². The van der Waals surface area contributed by atoms with Crippen molar-refractivity contribution in [2.45, 2.75) is 5.00 Å². The first kappa shape index (κ1) is 10.9. The molecule has 2 aliphatic rings. The van der Waals surface area contributed by atoms with Gasteiger partial charge >= 0.3 is 12.1 Å². The van der Waals surface area contributed by atoms with Crippen LogP contribution in [0.5, 0.6) is 0 Å². The molecule has 0 saturated carbocycles. The van der Waals surface area contributed by atoms with E-state index in [1.807, 2.05) is 0 Å². The number of alkyl halides is 1. The normalized spacial score (nSPS) is 29.9. The number of carbonyl (C=O) groups is 3. The number of imide groups is 1. The van der Waals surface area contributed by atoms with Gasteiger partial charge < -0.3 is 0 Å². The zero-order valence-electron chi connectivity index (χ0n) is 8.89. The largest absolute Gasteiger partial charge is 0.347 e. The predicted octanol–water partition coefficient (Wildman–Crippen LogP) is -0.0908. The van der Waals surface area contributed by atoms with E-state index < -0.39 is 23.0 Å². The third-order valence-electron chi connectivity index (χ3n) is 2.73. The van der Waals surface area contributed by atoms with E-state index in [0.717, 1.165) is 14.7 Å². The van der Waals surface area contributed by atoms with Crippen molar-refractivity contribution < 1.29 is 14.4 Å². The smallest absolute Gasteiger partial charge is 0.292 e. The highest BCUT2D eigenvalue weighted by molar-refractivity contribution is 6.52. The second kappa shape index (κ2) is 2.94. The summed E-state index contributed by atoms with van der Waals surface area (Å²) in [6.45, 7) is 0. The summed E-state index contributed by atoms with van der Waals surface area (Å²) in [6.07, 6.45) is 0. The molecule has 2 aliphatic heterocycles. The highest BCUT2D eigenvalue weighted by Crippen LogP contribution is 2.34. The molecule has 0 aromatic carbocycles. The fourth-order valence-electron chi connectivity index (χ4n) is 1.68. The number of rotatable bonds is 0. The summed E-state index contributed by atoms with van der Waals surface area (Å²) < 4.78 is 0. The number of halogens is 1. The van der Waals surface area contributed by atoms with Gasteiger partial charge in [-0.25, -0.2) is 9.59 Å². The van der Waals surface area contributed by atoms with Crippen LogP contribution in [0.4, 0.5) is 9.59 Å². The Bertz CT molecular complexity index is 449. The van der Waals surface area contributed by atoms with Crippen molar-refractivity contribution in [2.24, 2.45) is 4.99 Å². The average molecular weight is 245 g/mol. The van der Waals surface area contributed by atoms with Crippen LogP contribution in [0, 0.1) is 0 Å². The lowest BCUT2D eigenvalue weighted by Crippen LogP contribution is -2.67. The Kier molecular flexibility index (Phi) is 2.00. The number of hydrogen-bond donors (Lipinski definition) is 0. The summed E-state index contributed by atoms with van der Waals surface area (Å²) in [5.74, 6) is -0.723. The quantitative estimate of drug-likeness (QED) is 0.442. The molecule has 0 aliphatic carbocycles. The third-order valence-corrected chi connectivity index (χ3v) is 3.31. The molecule has 7 nitrogen and oxygen atoms in total. The Morgan fingerprint density at radius 2 is 1.69 bits per heavy atom. The lowest BCUT2D eigenvalue weighted by molar-refractivity contribution is -0.132. The number of amides is 5. The number of fused-ring (bicyclic) bond motifs is 1. The van der Waals surface area contributed by atoms with Gasteiger partial charge in [0.25, 0.3) is 10.9 Å². The average Bonchev–Trinajstić information content (AvgIpc) is 2.49. The van der Waals surface area contributed by atoms with Crippen LogP contribution in [-0.2, 0) is 4.79 Å². The molecule has 86 valence electrons. The van der Waals surface area contributed by atoms with Crippen LogP contribution in [0.3, 0.4) is 0 Å². The Hall–Kier alpha value is -1.63. The first-order valence-electron chi connectivity index (χ1n) is 4.43. The number of likely N-dealkylation sites (N-methyl/N-ethyl adjacent to an activating group) is 3. The second-order valence-corrected chi connectivity index (χ2v) is 4.15. The van der Waals surface area contributed by atoms with E-state index in [1.165, 1.54) is 21.1 Å². The SMILES string of the molecule is CN1C(=O)N(C)C2=NC(=O)N(C)C2(Cl)C1=O. The first-order valence-corrected chi connectivity index (χ1v) is 4.81. The fourth-order valence-corrected chi connectivity index (χ4v) is 2.05. The maximum Gasteiger partial charge on any atom is 0.347 e. The molecule has 1 saturated heterocycles. The summed E-state index contributed by atoms with van der Waals surface area (Å²) in [5, 5.41) is 0. The van der Waals surface area contributed by atoms with E-state index in [4.69, 9.17) is 11.6 Å². The molecular weight excluding hydrogens is 236 g/mol. The van der Waals surface area contributed by atoms with Crippen LogP contribution in [0.15, 0.2) is 4.99 Å². The van der Waals surface area contributed by atoms with Crippen LogP contribution in [0.2, 0.25) is 0 Å². The van der Waals surface area contributed by atoms with Crippen molar-refractivity contribution in [3.05, 3.63) is 0 Å². The molecule has 1 unspecified atom stereocenters. The molecule has 1 atom stereocenters. The van der Waals surface area contributed by atoms with Crippen LogP contribution in [-0.4, -0.2) is 64.6 Å². The van der Waals surface area contributed by atoms with Gasteiger partial charge in [0, 0.05) is 21.1 Å². The van der Waals surface area contributed by atoms with Crippen molar-refractivity contribution in [1.82, 2.24) is 14.7 Å². The molecule has 0 aromatic rings.